The van der Waals surface area contributed by atoms with Gasteiger partial charge in [0.2, 0.25) is 0 Å². The summed E-state index contributed by atoms with van der Waals surface area (Å²) >= 11 is 0. The lowest BCUT2D eigenvalue weighted by atomic mass is 9.12. The van der Waals surface area contributed by atoms with Gasteiger partial charge in [-0.2, -0.15) is 43.7 Å². The first kappa shape index (κ1) is 57.6. The molecule has 0 spiro atoms. The van der Waals surface area contributed by atoms with Crippen LogP contribution < -0.4 is 43.7 Å². The molecule has 0 unspecified atom stereocenters. The number of rotatable bonds is 8. The molecule has 0 aliphatic carbocycles. The SMILES string of the molecule is Fc1cc([B-](c2cc(F)c(F)c(F)c2)(c2cc(F)c(F)c(F)c2)c2cc(F)c(F)c(F)c2)cc(F)c1F.Fc1cc([B-](c2cc(F)c(F)c(F)c2F)(c2cc(F)c(F)c(F)c2F)c2cc(F)c(F)c(F)c2F)c(F)c(F)c1F. The van der Waals surface area contributed by atoms with E-state index < -0.39 is 243 Å². The summed E-state index contributed by atoms with van der Waals surface area (Å²) in [7, 11) is 0. The van der Waals surface area contributed by atoms with Gasteiger partial charge in [-0.1, -0.05) is 72.8 Å². The van der Waals surface area contributed by atoms with Gasteiger partial charge in [0, 0.05) is 0 Å². The third kappa shape index (κ3) is 8.99. The largest absolute Gasteiger partial charge is 0.207 e. The molecule has 8 aromatic carbocycles. The van der Waals surface area contributed by atoms with Crippen molar-refractivity contribution in [1.29, 1.82) is 0 Å². The minimum atomic E-state index is -5.62. The van der Waals surface area contributed by atoms with E-state index in [0.29, 0.717) is 0 Å². The van der Waals surface area contributed by atoms with Crippen molar-refractivity contribution >= 4 is 56.0 Å². The Morgan fingerprint density at radius 1 is 0.141 bits per heavy atom. The molecule has 0 radical (unpaired) electrons. The highest BCUT2D eigenvalue weighted by Crippen LogP contribution is 2.28. The van der Waals surface area contributed by atoms with Gasteiger partial charge < -0.3 is 0 Å². The molecule has 0 aliphatic heterocycles. The van der Waals surface area contributed by atoms with E-state index in [1.807, 2.05) is 0 Å². The van der Waals surface area contributed by atoms with Crippen LogP contribution in [0.3, 0.4) is 0 Å². The van der Waals surface area contributed by atoms with Crippen LogP contribution in [0.25, 0.3) is 0 Å². The van der Waals surface area contributed by atoms with Crippen molar-refractivity contribution in [1.82, 2.24) is 0 Å². The number of benzene rings is 8. The fraction of sp³-hybridized carbons (Fsp3) is 0. The Morgan fingerprint density at radius 3 is 0.436 bits per heavy atom. The van der Waals surface area contributed by atoms with E-state index in [0.717, 1.165) is 0 Å². The fourth-order valence-corrected chi connectivity index (χ4v) is 9.09. The van der Waals surface area contributed by atoms with Crippen LogP contribution >= 0.6 is 0 Å². The average Bonchev–Trinajstić information content (AvgIpc) is 3.54. The van der Waals surface area contributed by atoms with Gasteiger partial charge in [-0.15, -0.1) is 0 Å². The minimum absolute atomic E-state index is 0.177. The molecule has 0 heterocycles. The molecule has 0 bridgehead atoms. The summed E-state index contributed by atoms with van der Waals surface area (Å²) < 4.78 is 402. The standard InChI is InChI=1S/C24H4BF16.C24H8BF12/c26-9-1-5(13(30)21(38)17(9)34)25(6-2-10(27)18(35)22(39)14(6)31,7-3-11(28)19(36)23(40)15(7)32)8-4-12(29)20(37)24(41)16(8)33;26-13-1-9(2-14(27)21(13)34)25(10-3-15(28)22(35)16(29)4-10,11-5-17(30)23(36)18(31)6-11)12-7-19(32)24(37)20(33)8-12/h1-4H;1-8H/q2*-1. The summed E-state index contributed by atoms with van der Waals surface area (Å²) in [6.07, 6.45) is -9.63. The van der Waals surface area contributed by atoms with E-state index in [1.165, 1.54) is 0 Å². The van der Waals surface area contributed by atoms with Crippen molar-refractivity contribution in [3.05, 3.63) is 236 Å². The van der Waals surface area contributed by atoms with Gasteiger partial charge in [-0.25, -0.2) is 123 Å². The predicted molar refractivity (Wildman–Crippen MR) is 219 cm³/mol. The van der Waals surface area contributed by atoms with Crippen LogP contribution in [-0.4, -0.2) is 12.3 Å². The highest BCUT2D eigenvalue weighted by molar-refractivity contribution is 7.20. The maximum absolute atomic E-state index is 15.3. The summed E-state index contributed by atoms with van der Waals surface area (Å²) in [5, 5.41) is 0. The molecule has 0 saturated carbocycles. The van der Waals surface area contributed by atoms with Crippen LogP contribution in [0.5, 0.6) is 0 Å². The van der Waals surface area contributed by atoms with Crippen LogP contribution in [0.2, 0.25) is 0 Å². The lowest BCUT2D eigenvalue weighted by molar-refractivity contribution is 0.408. The van der Waals surface area contributed by atoms with E-state index in [9.17, 15) is 105 Å². The van der Waals surface area contributed by atoms with Gasteiger partial charge in [0.1, 0.15) is 35.6 Å². The van der Waals surface area contributed by atoms with Crippen LogP contribution in [-0.2, 0) is 0 Å². The van der Waals surface area contributed by atoms with Crippen molar-refractivity contribution in [2.24, 2.45) is 0 Å². The zero-order valence-corrected chi connectivity index (χ0v) is 36.7. The van der Waals surface area contributed by atoms with Gasteiger partial charge >= 0.3 is 0 Å². The van der Waals surface area contributed by atoms with Crippen molar-refractivity contribution in [2.45, 2.75) is 0 Å². The second-order valence-electron chi connectivity index (χ2n) is 16.5. The quantitative estimate of drug-likeness (QED) is 0.0616. The topological polar surface area (TPSA) is 0 Å². The summed E-state index contributed by atoms with van der Waals surface area (Å²) in [5.41, 5.74) is -12.8. The molecule has 0 amide bonds. The maximum atomic E-state index is 15.3. The molecular formula is C48H12B2F28-2. The summed E-state index contributed by atoms with van der Waals surface area (Å²) in [4.78, 5) is 0. The molecule has 30 heteroatoms. The number of halogens is 28. The molecule has 0 aliphatic rings. The third-order valence-electron chi connectivity index (χ3n) is 12.4. The Kier molecular flexibility index (Phi) is 15.3. The third-order valence-corrected chi connectivity index (χ3v) is 12.4. The van der Waals surface area contributed by atoms with Crippen LogP contribution in [0.4, 0.5) is 123 Å². The lowest BCUT2D eigenvalue weighted by Gasteiger charge is -2.44. The molecule has 0 N–H and O–H groups in total. The maximum Gasteiger partial charge on any atom is 0.197 e. The Hall–Kier alpha value is -8.07. The normalized spacial score (nSPS) is 11.8. The molecule has 408 valence electrons. The summed E-state index contributed by atoms with van der Waals surface area (Å²) in [6, 6.07) is -1.07. The predicted octanol–water partition coefficient (Wildman–Crippen LogP) is 10.0. The number of hydrogen-bond donors (Lipinski definition) is 0. The van der Waals surface area contributed by atoms with Gasteiger partial charge in [-0.05, 0) is 0 Å². The zero-order valence-electron chi connectivity index (χ0n) is 36.7. The Bertz CT molecular complexity index is 3240. The van der Waals surface area contributed by atoms with E-state index in [-0.39, 0.29) is 48.5 Å². The van der Waals surface area contributed by atoms with Crippen molar-refractivity contribution < 1.29 is 123 Å². The van der Waals surface area contributed by atoms with E-state index in [2.05, 4.69) is 0 Å². The number of hydrogen-bond acceptors (Lipinski definition) is 0. The molecule has 0 saturated heterocycles. The van der Waals surface area contributed by atoms with Crippen LogP contribution in [0, 0.1) is 163 Å². The van der Waals surface area contributed by atoms with Crippen molar-refractivity contribution in [3.63, 3.8) is 0 Å². The van der Waals surface area contributed by atoms with Crippen LogP contribution in [0.1, 0.15) is 0 Å². The summed E-state index contributed by atoms with van der Waals surface area (Å²) in [5.74, 6) is -68.3. The molecule has 8 aromatic rings. The first-order valence-corrected chi connectivity index (χ1v) is 20.5. The smallest absolute Gasteiger partial charge is 0.197 e. The second-order valence-corrected chi connectivity index (χ2v) is 16.5. The van der Waals surface area contributed by atoms with E-state index in [1.54, 1.807) is 0 Å². The highest BCUT2D eigenvalue weighted by atomic mass is 19.2. The summed E-state index contributed by atoms with van der Waals surface area (Å²) in [6.45, 7) is 0. The average molecular weight is 1140 g/mol. The first-order valence-electron chi connectivity index (χ1n) is 20.5. The molecule has 0 aromatic heterocycles. The Labute approximate surface area is 414 Å². The Balaban J connectivity index is 0.000000227. The first-order chi connectivity index (χ1) is 36.3. The van der Waals surface area contributed by atoms with E-state index in [4.69, 9.17) is 0 Å². The molecule has 0 nitrogen and oxygen atoms in total. The molecular weight excluding hydrogens is 1130 g/mol. The van der Waals surface area contributed by atoms with E-state index >= 15 is 17.6 Å². The van der Waals surface area contributed by atoms with Gasteiger partial charge in [0.25, 0.3) is 0 Å². The molecule has 8 rings (SSSR count). The molecule has 0 atom stereocenters. The zero-order chi connectivity index (χ0) is 58.3. The minimum Gasteiger partial charge on any atom is -0.207 e. The highest BCUT2D eigenvalue weighted by Gasteiger charge is 2.46. The van der Waals surface area contributed by atoms with Gasteiger partial charge in [0.15, 0.2) is 140 Å². The van der Waals surface area contributed by atoms with Crippen LogP contribution in [0.15, 0.2) is 72.8 Å². The lowest BCUT2D eigenvalue weighted by Crippen LogP contribution is -2.78. The fourth-order valence-electron chi connectivity index (χ4n) is 9.09. The second kappa shape index (κ2) is 20.7. The molecule has 0 fully saturated rings. The van der Waals surface area contributed by atoms with Crippen molar-refractivity contribution in [2.75, 3.05) is 0 Å². The van der Waals surface area contributed by atoms with Crippen molar-refractivity contribution in [3.8, 4) is 0 Å². The molecule has 78 heavy (non-hydrogen) atoms. The van der Waals surface area contributed by atoms with Gasteiger partial charge in [0.05, 0.1) is 0 Å². The van der Waals surface area contributed by atoms with Gasteiger partial charge in [-0.3, -0.25) is 0 Å². The Morgan fingerprint density at radius 2 is 0.282 bits per heavy atom. The monoisotopic (exact) mass is 1140 g/mol.